The molecule has 2 N–H and O–H groups in total. The molecule has 3 aromatic rings. The van der Waals surface area contributed by atoms with Crippen molar-refractivity contribution in [3.05, 3.63) is 36.0 Å². The predicted octanol–water partition coefficient (Wildman–Crippen LogP) is 4.53. The Morgan fingerprint density at radius 1 is 1.09 bits per heavy atom. The van der Waals surface area contributed by atoms with E-state index in [4.69, 9.17) is 9.47 Å². The Balaban J connectivity index is 1.55. The minimum Gasteiger partial charge on any atom is -0.352 e. The standard InChI is InChI=1S/C22H26F2N6O2/c1-13(2)26-20-25-12-17-19(29-20)30(14-6-8-22(9-7-14)31-10-11-32-22)21(27-17)28-18-15(23)4-3-5-16(18)24/h3-5,12-14H,6-11H2,1-2H3,(H,27,28)(H,25,26,29). The van der Waals surface area contributed by atoms with Gasteiger partial charge >= 0.3 is 0 Å². The Labute approximate surface area is 184 Å². The summed E-state index contributed by atoms with van der Waals surface area (Å²) in [5, 5.41) is 6.07. The molecule has 0 amide bonds. The molecular formula is C22H26F2N6O2. The van der Waals surface area contributed by atoms with Crippen LogP contribution < -0.4 is 10.6 Å². The molecule has 2 aromatic heterocycles. The maximum Gasteiger partial charge on any atom is 0.224 e. The van der Waals surface area contributed by atoms with Gasteiger partial charge in [0.2, 0.25) is 11.9 Å². The molecule has 170 valence electrons. The van der Waals surface area contributed by atoms with Crippen LogP contribution in [0.1, 0.15) is 45.6 Å². The average molecular weight is 444 g/mol. The molecule has 5 rings (SSSR count). The van der Waals surface area contributed by atoms with Crippen LogP contribution >= 0.6 is 0 Å². The molecule has 1 spiro atoms. The highest BCUT2D eigenvalue weighted by Gasteiger charge is 2.41. The number of aromatic nitrogens is 4. The summed E-state index contributed by atoms with van der Waals surface area (Å²) in [4.78, 5) is 13.6. The number of hydrogen-bond donors (Lipinski definition) is 2. The highest BCUT2D eigenvalue weighted by molar-refractivity contribution is 5.76. The van der Waals surface area contributed by atoms with E-state index in [0.717, 1.165) is 25.7 Å². The molecular weight excluding hydrogens is 418 g/mol. The minimum absolute atomic E-state index is 0.0116. The fourth-order valence-electron chi connectivity index (χ4n) is 4.47. The number of benzene rings is 1. The number of nitrogens with one attached hydrogen (secondary N) is 2. The predicted molar refractivity (Wildman–Crippen MR) is 116 cm³/mol. The lowest BCUT2D eigenvalue weighted by molar-refractivity contribution is -0.181. The number of ether oxygens (including phenoxy) is 2. The number of para-hydroxylation sites is 1. The van der Waals surface area contributed by atoms with Gasteiger partial charge in [-0.15, -0.1) is 0 Å². The van der Waals surface area contributed by atoms with E-state index in [-0.39, 0.29) is 17.8 Å². The smallest absolute Gasteiger partial charge is 0.224 e. The van der Waals surface area contributed by atoms with Crippen LogP contribution in [0, 0.1) is 11.6 Å². The van der Waals surface area contributed by atoms with Crippen LogP contribution in [0.3, 0.4) is 0 Å². The van der Waals surface area contributed by atoms with Crippen LogP contribution in [0.15, 0.2) is 24.4 Å². The van der Waals surface area contributed by atoms with Gasteiger partial charge in [-0.25, -0.2) is 18.7 Å². The molecule has 1 saturated carbocycles. The van der Waals surface area contributed by atoms with Crippen LogP contribution in [-0.2, 0) is 9.47 Å². The van der Waals surface area contributed by atoms with Crippen LogP contribution in [0.5, 0.6) is 0 Å². The third-order valence-corrected chi connectivity index (χ3v) is 5.95. The number of imidazole rings is 1. The Bertz CT molecular complexity index is 1100. The Hall–Kier alpha value is -2.85. The van der Waals surface area contributed by atoms with E-state index in [1.54, 1.807) is 6.20 Å². The lowest BCUT2D eigenvalue weighted by atomic mass is 9.90. The van der Waals surface area contributed by atoms with E-state index in [0.29, 0.717) is 36.3 Å². The molecule has 1 aliphatic carbocycles. The van der Waals surface area contributed by atoms with Crippen molar-refractivity contribution in [1.29, 1.82) is 0 Å². The second-order valence-corrected chi connectivity index (χ2v) is 8.57. The van der Waals surface area contributed by atoms with E-state index in [1.807, 2.05) is 18.4 Å². The van der Waals surface area contributed by atoms with Crippen molar-refractivity contribution in [1.82, 2.24) is 19.5 Å². The molecule has 0 unspecified atom stereocenters. The Morgan fingerprint density at radius 3 is 2.44 bits per heavy atom. The second-order valence-electron chi connectivity index (χ2n) is 8.57. The molecule has 1 saturated heterocycles. The van der Waals surface area contributed by atoms with E-state index < -0.39 is 17.4 Å². The summed E-state index contributed by atoms with van der Waals surface area (Å²) in [6.45, 7) is 5.22. The number of hydrogen-bond acceptors (Lipinski definition) is 7. The van der Waals surface area contributed by atoms with Crippen molar-refractivity contribution in [2.45, 2.75) is 57.4 Å². The minimum atomic E-state index is -0.688. The van der Waals surface area contributed by atoms with E-state index >= 15 is 0 Å². The van der Waals surface area contributed by atoms with E-state index in [1.165, 1.54) is 18.2 Å². The number of anilines is 3. The first-order valence-electron chi connectivity index (χ1n) is 10.9. The normalized spacial score (nSPS) is 18.7. The van der Waals surface area contributed by atoms with E-state index in [9.17, 15) is 8.78 Å². The van der Waals surface area contributed by atoms with Gasteiger partial charge in [0.15, 0.2) is 11.4 Å². The molecule has 10 heteroatoms. The number of rotatable bonds is 5. The fraction of sp³-hybridized carbons (Fsp3) is 0.500. The van der Waals surface area contributed by atoms with Gasteiger partial charge < -0.3 is 20.1 Å². The van der Waals surface area contributed by atoms with Gasteiger partial charge in [-0.2, -0.15) is 4.98 Å². The highest BCUT2D eigenvalue weighted by atomic mass is 19.1. The van der Waals surface area contributed by atoms with Crippen molar-refractivity contribution in [2.75, 3.05) is 23.8 Å². The first-order chi connectivity index (χ1) is 15.4. The number of nitrogens with zero attached hydrogens (tertiary/aromatic N) is 4. The first kappa shape index (κ1) is 21.0. The van der Waals surface area contributed by atoms with Gasteiger partial charge in [-0.1, -0.05) is 6.07 Å². The summed E-state index contributed by atoms with van der Waals surface area (Å²) in [7, 11) is 0. The Kier molecular flexibility index (Phi) is 5.42. The van der Waals surface area contributed by atoms with Crippen LogP contribution in [-0.4, -0.2) is 44.6 Å². The Morgan fingerprint density at radius 2 is 1.78 bits per heavy atom. The molecule has 1 aromatic carbocycles. The fourth-order valence-corrected chi connectivity index (χ4v) is 4.47. The molecule has 0 bridgehead atoms. The summed E-state index contributed by atoms with van der Waals surface area (Å²) < 4.78 is 42.4. The van der Waals surface area contributed by atoms with Gasteiger partial charge in [-0.05, 0) is 38.8 Å². The molecule has 0 radical (unpaired) electrons. The van der Waals surface area contributed by atoms with Crippen LogP contribution in [0.4, 0.5) is 26.4 Å². The van der Waals surface area contributed by atoms with Gasteiger partial charge in [-0.3, -0.25) is 4.57 Å². The lowest BCUT2D eigenvalue weighted by Crippen LogP contribution is -2.36. The topological polar surface area (TPSA) is 86.1 Å². The molecule has 3 heterocycles. The van der Waals surface area contributed by atoms with Crippen molar-refractivity contribution < 1.29 is 18.3 Å². The number of halogens is 2. The van der Waals surface area contributed by atoms with Gasteiger partial charge in [0.1, 0.15) is 22.8 Å². The maximum absolute atomic E-state index is 14.4. The molecule has 0 atom stereocenters. The zero-order chi connectivity index (χ0) is 22.3. The average Bonchev–Trinajstić information content (AvgIpc) is 3.35. The summed E-state index contributed by atoms with van der Waals surface area (Å²) >= 11 is 0. The quantitative estimate of drug-likeness (QED) is 0.598. The van der Waals surface area contributed by atoms with Crippen LogP contribution in [0.25, 0.3) is 11.2 Å². The molecule has 1 aliphatic heterocycles. The maximum atomic E-state index is 14.4. The van der Waals surface area contributed by atoms with Crippen molar-refractivity contribution in [3.63, 3.8) is 0 Å². The van der Waals surface area contributed by atoms with Crippen LogP contribution in [0.2, 0.25) is 0 Å². The van der Waals surface area contributed by atoms with Crippen molar-refractivity contribution >= 4 is 28.7 Å². The zero-order valence-electron chi connectivity index (χ0n) is 18.1. The third kappa shape index (κ3) is 3.88. The molecule has 8 nitrogen and oxygen atoms in total. The first-order valence-corrected chi connectivity index (χ1v) is 10.9. The zero-order valence-corrected chi connectivity index (χ0v) is 18.1. The lowest BCUT2D eigenvalue weighted by Gasteiger charge is -2.36. The monoisotopic (exact) mass is 444 g/mol. The molecule has 2 aliphatic rings. The SMILES string of the molecule is CC(C)Nc1ncc2nc(Nc3c(F)cccc3F)n(C3CCC4(CC3)OCCO4)c2n1. The highest BCUT2D eigenvalue weighted by Crippen LogP contribution is 2.42. The summed E-state index contributed by atoms with van der Waals surface area (Å²) in [6, 6.07) is 3.91. The third-order valence-electron chi connectivity index (χ3n) is 5.95. The number of fused-ring (bicyclic) bond motifs is 1. The van der Waals surface area contributed by atoms with E-state index in [2.05, 4.69) is 25.6 Å². The second kappa shape index (κ2) is 8.25. The van der Waals surface area contributed by atoms with Gasteiger partial charge in [0.25, 0.3) is 0 Å². The van der Waals surface area contributed by atoms with Crippen molar-refractivity contribution in [2.24, 2.45) is 0 Å². The van der Waals surface area contributed by atoms with Crippen molar-refractivity contribution in [3.8, 4) is 0 Å². The summed E-state index contributed by atoms with van der Waals surface area (Å²) in [5.74, 6) is -1.09. The largest absolute Gasteiger partial charge is 0.352 e. The molecule has 32 heavy (non-hydrogen) atoms. The molecule has 2 fully saturated rings. The summed E-state index contributed by atoms with van der Waals surface area (Å²) in [6.07, 6.45) is 4.60. The summed E-state index contributed by atoms with van der Waals surface area (Å²) in [5.41, 5.74) is 0.913. The van der Waals surface area contributed by atoms with Gasteiger partial charge in [0, 0.05) is 24.9 Å². The van der Waals surface area contributed by atoms with Gasteiger partial charge in [0.05, 0.1) is 19.4 Å².